The van der Waals surface area contributed by atoms with E-state index in [-0.39, 0.29) is 6.61 Å². The Morgan fingerprint density at radius 1 is 1.69 bits per heavy atom. The van der Waals surface area contributed by atoms with E-state index in [2.05, 4.69) is 11.3 Å². The van der Waals surface area contributed by atoms with Gasteiger partial charge in [0.2, 0.25) is 0 Å². The smallest absolute Gasteiger partial charge is 0.339 e. The minimum absolute atomic E-state index is 0.0620. The lowest BCUT2D eigenvalue weighted by atomic mass is 10.1. The highest BCUT2D eigenvalue weighted by molar-refractivity contribution is 5.78. The largest absolute Gasteiger partial charge is 0.467 e. The van der Waals surface area contributed by atoms with Crippen LogP contribution >= 0.6 is 0 Å². The molecule has 0 aromatic heterocycles. The Hall–Kier alpha value is -0.870. The Kier molecular flexibility index (Phi) is 5.34. The zero-order valence-corrected chi connectivity index (χ0v) is 8.08. The average molecular weight is 188 g/mol. The minimum Gasteiger partial charge on any atom is -0.467 e. The minimum atomic E-state index is -1.56. The Morgan fingerprint density at radius 3 is 2.77 bits per heavy atom. The molecule has 0 amide bonds. The maximum atomic E-state index is 10.9. The molecule has 0 bridgehead atoms. The predicted molar refractivity (Wildman–Crippen MR) is 48.3 cm³/mol. The normalized spacial score (nSPS) is 14.7. The quantitative estimate of drug-likeness (QED) is 0.375. The number of methoxy groups -OCH3 is 1. The Labute approximate surface area is 78.2 Å². The van der Waals surface area contributed by atoms with Gasteiger partial charge in [0, 0.05) is 0 Å². The molecule has 0 saturated carbocycles. The molecular formula is C9H16O4. The number of carbonyl (C=O) groups is 1. The highest BCUT2D eigenvalue weighted by Gasteiger charge is 2.31. The van der Waals surface area contributed by atoms with Crippen molar-refractivity contribution in [1.29, 1.82) is 0 Å². The second-order valence-electron chi connectivity index (χ2n) is 2.90. The summed E-state index contributed by atoms with van der Waals surface area (Å²) in [6.07, 6.45) is 2.39. The van der Waals surface area contributed by atoms with E-state index in [1.165, 1.54) is 14.0 Å². The third-order valence-electron chi connectivity index (χ3n) is 1.47. The van der Waals surface area contributed by atoms with Crippen LogP contribution in [0.2, 0.25) is 0 Å². The molecule has 0 heterocycles. The Balaban J connectivity index is 3.75. The van der Waals surface area contributed by atoms with E-state index in [0.29, 0.717) is 13.0 Å². The van der Waals surface area contributed by atoms with Gasteiger partial charge in [0.15, 0.2) is 5.60 Å². The summed E-state index contributed by atoms with van der Waals surface area (Å²) >= 11 is 0. The van der Waals surface area contributed by atoms with Crippen LogP contribution in [0.4, 0.5) is 0 Å². The fourth-order valence-electron chi connectivity index (χ4n) is 0.716. The van der Waals surface area contributed by atoms with Gasteiger partial charge >= 0.3 is 5.97 Å². The second-order valence-corrected chi connectivity index (χ2v) is 2.90. The molecule has 0 aliphatic carbocycles. The topological polar surface area (TPSA) is 55.8 Å². The summed E-state index contributed by atoms with van der Waals surface area (Å²) in [6.45, 7) is 5.24. The average Bonchev–Trinajstić information content (AvgIpc) is 2.11. The molecule has 0 fully saturated rings. The molecule has 0 aliphatic heterocycles. The molecule has 13 heavy (non-hydrogen) atoms. The lowest BCUT2D eigenvalue weighted by Crippen LogP contribution is -2.41. The monoisotopic (exact) mass is 188 g/mol. The highest BCUT2D eigenvalue weighted by Crippen LogP contribution is 2.06. The summed E-state index contributed by atoms with van der Waals surface area (Å²) in [5.74, 6) is -0.689. The molecular weight excluding hydrogens is 172 g/mol. The van der Waals surface area contributed by atoms with Gasteiger partial charge in [-0.25, -0.2) is 4.79 Å². The van der Waals surface area contributed by atoms with Gasteiger partial charge in [-0.2, -0.15) is 0 Å². The molecule has 0 rings (SSSR count). The summed E-state index contributed by atoms with van der Waals surface area (Å²) in [4.78, 5) is 10.9. The van der Waals surface area contributed by atoms with Gasteiger partial charge in [0.05, 0.1) is 20.3 Å². The maximum Gasteiger partial charge on any atom is 0.339 e. The molecule has 0 radical (unpaired) electrons. The molecule has 1 atom stereocenters. The van der Waals surface area contributed by atoms with Crippen molar-refractivity contribution in [1.82, 2.24) is 0 Å². The Morgan fingerprint density at radius 2 is 2.31 bits per heavy atom. The SMILES string of the molecule is C=CCCOCC(C)(O)C(=O)OC. The van der Waals surface area contributed by atoms with E-state index >= 15 is 0 Å². The number of ether oxygens (including phenoxy) is 2. The molecule has 1 unspecified atom stereocenters. The van der Waals surface area contributed by atoms with Crippen molar-refractivity contribution in [3.05, 3.63) is 12.7 Å². The Bertz CT molecular complexity index is 174. The molecule has 76 valence electrons. The first-order chi connectivity index (χ1) is 6.04. The molecule has 1 N–H and O–H groups in total. The van der Waals surface area contributed by atoms with Crippen molar-refractivity contribution in [2.75, 3.05) is 20.3 Å². The molecule has 0 aromatic rings. The second kappa shape index (κ2) is 5.72. The number of aliphatic hydroxyl groups is 1. The summed E-state index contributed by atoms with van der Waals surface area (Å²) in [6, 6.07) is 0. The van der Waals surface area contributed by atoms with Crippen LogP contribution in [0, 0.1) is 0 Å². The standard InChI is InChI=1S/C9H16O4/c1-4-5-6-13-7-9(2,11)8(10)12-3/h4,11H,1,5-7H2,2-3H3. The molecule has 4 nitrogen and oxygen atoms in total. The first-order valence-electron chi connectivity index (χ1n) is 4.04. The molecule has 0 aromatic carbocycles. The van der Waals surface area contributed by atoms with Crippen LogP contribution < -0.4 is 0 Å². The van der Waals surface area contributed by atoms with Gasteiger partial charge < -0.3 is 14.6 Å². The fraction of sp³-hybridized carbons (Fsp3) is 0.667. The molecule has 4 heteroatoms. The van der Waals surface area contributed by atoms with Gasteiger partial charge in [-0.3, -0.25) is 0 Å². The number of rotatable bonds is 6. The van der Waals surface area contributed by atoms with Crippen LogP contribution in [0.1, 0.15) is 13.3 Å². The van der Waals surface area contributed by atoms with Gasteiger partial charge in [-0.05, 0) is 13.3 Å². The molecule has 0 saturated heterocycles. The van der Waals surface area contributed by atoms with Crippen LogP contribution in [0.5, 0.6) is 0 Å². The van der Waals surface area contributed by atoms with Crippen LogP contribution in [0.3, 0.4) is 0 Å². The number of hydrogen-bond donors (Lipinski definition) is 1. The van der Waals surface area contributed by atoms with E-state index in [1.807, 2.05) is 0 Å². The van der Waals surface area contributed by atoms with E-state index in [1.54, 1.807) is 6.08 Å². The first-order valence-corrected chi connectivity index (χ1v) is 4.04. The first kappa shape index (κ1) is 12.1. The third kappa shape index (κ3) is 4.65. The maximum absolute atomic E-state index is 10.9. The van der Waals surface area contributed by atoms with Crippen LogP contribution in [-0.4, -0.2) is 37.0 Å². The number of carbonyl (C=O) groups excluding carboxylic acids is 1. The lowest BCUT2D eigenvalue weighted by Gasteiger charge is -2.19. The van der Waals surface area contributed by atoms with Crippen molar-refractivity contribution >= 4 is 5.97 Å². The van der Waals surface area contributed by atoms with Crippen molar-refractivity contribution < 1.29 is 19.4 Å². The van der Waals surface area contributed by atoms with Crippen molar-refractivity contribution in [2.45, 2.75) is 18.9 Å². The van der Waals surface area contributed by atoms with E-state index in [9.17, 15) is 9.90 Å². The highest BCUT2D eigenvalue weighted by atomic mass is 16.6. The van der Waals surface area contributed by atoms with Gasteiger partial charge in [0.1, 0.15) is 0 Å². The van der Waals surface area contributed by atoms with Crippen molar-refractivity contribution in [2.24, 2.45) is 0 Å². The lowest BCUT2D eigenvalue weighted by molar-refractivity contribution is -0.166. The zero-order chi connectivity index (χ0) is 10.3. The fourth-order valence-corrected chi connectivity index (χ4v) is 0.716. The van der Waals surface area contributed by atoms with Crippen LogP contribution in [-0.2, 0) is 14.3 Å². The zero-order valence-electron chi connectivity index (χ0n) is 8.08. The van der Waals surface area contributed by atoms with Crippen molar-refractivity contribution in [3.63, 3.8) is 0 Å². The van der Waals surface area contributed by atoms with Gasteiger partial charge in [-0.1, -0.05) is 6.08 Å². The number of esters is 1. The number of hydrogen-bond acceptors (Lipinski definition) is 4. The summed E-state index contributed by atoms with van der Waals surface area (Å²) in [5.41, 5.74) is -1.56. The van der Waals surface area contributed by atoms with E-state index < -0.39 is 11.6 Å². The molecule has 0 spiro atoms. The van der Waals surface area contributed by atoms with Crippen LogP contribution in [0.15, 0.2) is 12.7 Å². The van der Waals surface area contributed by atoms with Crippen LogP contribution in [0.25, 0.3) is 0 Å². The summed E-state index contributed by atoms with van der Waals surface area (Å²) in [7, 11) is 1.22. The van der Waals surface area contributed by atoms with Gasteiger partial charge in [-0.15, -0.1) is 6.58 Å². The van der Waals surface area contributed by atoms with Gasteiger partial charge in [0.25, 0.3) is 0 Å². The van der Waals surface area contributed by atoms with E-state index in [4.69, 9.17) is 4.74 Å². The summed E-state index contributed by atoms with van der Waals surface area (Å²) in [5, 5.41) is 9.46. The van der Waals surface area contributed by atoms with E-state index in [0.717, 1.165) is 0 Å². The molecule has 0 aliphatic rings. The summed E-state index contributed by atoms with van der Waals surface area (Å²) < 4.78 is 9.42. The van der Waals surface area contributed by atoms with Crippen molar-refractivity contribution in [3.8, 4) is 0 Å². The third-order valence-corrected chi connectivity index (χ3v) is 1.47. The predicted octanol–water partition coefficient (Wildman–Crippen LogP) is 0.503.